The zero-order valence-electron chi connectivity index (χ0n) is 12.3. The number of carbonyl (C=O) groups excluding carboxylic acids is 1. The van der Waals surface area contributed by atoms with Crippen LogP contribution in [-0.2, 0) is 0 Å². The van der Waals surface area contributed by atoms with E-state index in [1.54, 1.807) is 25.1 Å². The molecule has 1 aromatic carbocycles. The first-order chi connectivity index (χ1) is 9.81. The zero-order valence-corrected chi connectivity index (χ0v) is 13.8. The van der Waals surface area contributed by atoms with Gasteiger partial charge in [0.25, 0.3) is 5.91 Å². The van der Waals surface area contributed by atoms with Crippen LogP contribution < -0.4 is 4.74 Å². The summed E-state index contributed by atoms with van der Waals surface area (Å²) in [5, 5.41) is 5.12. The van der Waals surface area contributed by atoms with Crippen LogP contribution in [-0.4, -0.2) is 21.8 Å². The third-order valence-electron chi connectivity index (χ3n) is 3.41. The number of hydrogen-bond donors (Lipinski definition) is 0. The molecular weight excluding hydrogens is 311 g/mol. The number of hydrogen-bond acceptors (Lipinski definition) is 3. The van der Waals surface area contributed by atoms with Crippen LogP contribution in [0, 0.1) is 20.8 Å². The van der Waals surface area contributed by atoms with E-state index in [0.29, 0.717) is 15.8 Å². The maximum absolute atomic E-state index is 12.4. The Morgan fingerprint density at radius 1 is 1.29 bits per heavy atom. The summed E-state index contributed by atoms with van der Waals surface area (Å²) in [6, 6.07) is 4.87. The molecule has 0 saturated heterocycles. The molecule has 4 nitrogen and oxygen atoms in total. The minimum absolute atomic E-state index is 0.241. The fraction of sp³-hybridized carbons (Fsp3) is 0.333. The molecule has 0 spiro atoms. The van der Waals surface area contributed by atoms with Gasteiger partial charge in [-0.3, -0.25) is 4.79 Å². The molecule has 0 radical (unpaired) electrons. The van der Waals surface area contributed by atoms with Gasteiger partial charge >= 0.3 is 0 Å². The van der Waals surface area contributed by atoms with E-state index < -0.39 is 6.10 Å². The summed E-state index contributed by atoms with van der Waals surface area (Å²) in [5.74, 6) is 0.176. The first kappa shape index (κ1) is 15.9. The van der Waals surface area contributed by atoms with Gasteiger partial charge in [0.15, 0.2) is 6.10 Å². The fourth-order valence-electron chi connectivity index (χ4n) is 1.92. The lowest BCUT2D eigenvalue weighted by Gasteiger charge is -2.15. The lowest BCUT2D eigenvalue weighted by molar-refractivity contribution is 0.0707. The molecule has 1 aromatic heterocycles. The highest BCUT2D eigenvalue weighted by molar-refractivity contribution is 6.35. The van der Waals surface area contributed by atoms with Crippen molar-refractivity contribution in [1.82, 2.24) is 9.78 Å². The summed E-state index contributed by atoms with van der Waals surface area (Å²) in [5.41, 5.74) is 2.65. The molecule has 112 valence electrons. The van der Waals surface area contributed by atoms with E-state index in [1.165, 1.54) is 4.68 Å². The average Bonchev–Trinajstić information content (AvgIpc) is 2.68. The molecule has 0 aliphatic heterocycles. The molecule has 0 amide bonds. The van der Waals surface area contributed by atoms with Crippen molar-refractivity contribution in [3.8, 4) is 5.75 Å². The highest BCUT2D eigenvalue weighted by Crippen LogP contribution is 2.28. The summed E-state index contributed by atoms with van der Waals surface area (Å²) in [6.45, 7) is 7.32. The van der Waals surface area contributed by atoms with Crippen molar-refractivity contribution in [2.45, 2.75) is 33.8 Å². The largest absolute Gasteiger partial charge is 0.479 e. The molecule has 21 heavy (non-hydrogen) atoms. The third kappa shape index (κ3) is 3.22. The Labute approximate surface area is 133 Å². The number of nitrogens with zero attached hydrogens (tertiary/aromatic N) is 2. The van der Waals surface area contributed by atoms with Gasteiger partial charge in [-0.25, -0.2) is 4.68 Å². The fourth-order valence-corrected chi connectivity index (χ4v) is 2.37. The summed E-state index contributed by atoms with van der Waals surface area (Å²) in [6.07, 6.45) is -0.707. The van der Waals surface area contributed by atoms with Gasteiger partial charge in [-0.05, 0) is 51.5 Å². The minimum Gasteiger partial charge on any atom is -0.479 e. The van der Waals surface area contributed by atoms with Gasteiger partial charge in [-0.15, -0.1) is 0 Å². The average molecular weight is 327 g/mol. The Morgan fingerprint density at radius 2 is 1.95 bits per heavy atom. The second kappa shape index (κ2) is 6.08. The molecule has 0 saturated carbocycles. The normalized spacial score (nSPS) is 12.3. The van der Waals surface area contributed by atoms with Gasteiger partial charge in [-0.2, -0.15) is 5.10 Å². The Morgan fingerprint density at radius 3 is 2.48 bits per heavy atom. The van der Waals surface area contributed by atoms with Crippen molar-refractivity contribution in [1.29, 1.82) is 0 Å². The molecule has 1 heterocycles. The van der Waals surface area contributed by atoms with Crippen molar-refractivity contribution in [2.24, 2.45) is 0 Å². The Balaban J connectivity index is 2.21. The van der Waals surface area contributed by atoms with Crippen LogP contribution in [0.25, 0.3) is 0 Å². The molecule has 1 atom stereocenters. The van der Waals surface area contributed by atoms with Crippen molar-refractivity contribution >= 4 is 29.1 Å². The molecule has 0 bridgehead atoms. The summed E-state index contributed by atoms with van der Waals surface area (Å²) in [7, 11) is 0. The van der Waals surface area contributed by atoms with Crippen LogP contribution in [0.1, 0.15) is 28.7 Å². The van der Waals surface area contributed by atoms with Crippen molar-refractivity contribution < 1.29 is 9.53 Å². The van der Waals surface area contributed by atoms with E-state index in [9.17, 15) is 4.79 Å². The number of aryl methyl sites for hydroxylation is 1. The van der Waals surface area contributed by atoms with Crippen LogP contribution in [0.3, 0.4) is 0 Å². The van der Waals surface area contributed by atoms with Crippen LogP contribution in [0.5, 0.6) is 5.75 Å². The quantitative estimate of drug-likeness (QED) is 0.848. The van der Waals surface area contributed by atoms with Gasteiger partial charge in [0, 0.05) is 10.7 Å². The maximum atomic E-state index is 12.4. The zero-order chi connectivity index (χ0) is 15.7. The van der Waals surface area contributed by atoms with E-state index >= 15 is 0 Å². The van der Waals surface area contributed by atoms with Crippen molar-refractivity contribution in [2.75, 3.05) is 0 Å². The van der Waals surface area contributed by atoms with Crippen LogP contribution in [0.2, 0.25) is 10.0 Å². The van der Waals surface area contributed by atoms with E-state index in [-0.39, 0.29) is 5.91 Å². The SMILES string of the molecule is Cc1nn(C(=O)C(C)Oc2ccc(Cl)cc2Cl)c(C)c1C. The predicted octanol–water partition coefficient (Wildman–Crippen LogP) is 4.22. The van der Waals surface area contributed by atoms with Gasteiger partial charge < -0.3 is 4.74 Å². The molecule has 0 fully saturated rings. The van der Waals surface area contributed by atoms with Crippen molar-refractivity contribution in [3.63, 3.8) is 0 Å². The van der Waals surface area contributed by atoms with Gasteiger partial charge in [0.05, 0.1) is 10.7 Å². The summed E-state index contributed by atoms with van der Waals surface area (Å²) < 4.78 is 6.99. The summed E-state index contributed by atoms with van der Waals surface area (Å²) >= 11 is 11.9. The number of aromatic nitrogens is 2. The first-order valence-corrected chi connectivity index (χ1v) is 7.25. The topological polar surface area (TPSA) is 44.1 Å². The molecule has 0 aliphatic carbocycles. The molecule has 2 rings (SSSR count). The Kier molecular flexibility index (Phi) is 4.59. The van der Waals surface area contributed by atoms with Crippen LogP contribution >= 0.6 is 23.2 Å². The number of benzene rings is 1. The monoisotopic (exact) mass is 326 g/mol. The smallest absolute Gasteiger partial charge is 0.287 e. The van der Waals surface area contributed by atoms with E-state index in [0.717, 1.165) is 17.0 Å². The second-order valence-electron chi connectivity index (χ2n) is 4.88. The first-order valence-electron chi connectivity index (χ1n) is 6.50. The lowest BCUT2D eigenvalue weighted by Crippen LogP contribution is -2.31. The Bertz CT molecular complexity index is 695. The van der Waals surface area contributed by atoms with Gasteiger partial charge in [-0.1, -0.05) is 23.2 Å². The highest BCUT2D eigenvalue weighted by atomic mass is 35.5. The van der Waals surface area contributed by atoms with Crippen LogP contribution in [0.4, 0.5) is 0 Å². The number of halogens is 2. The van der Waals surface area contributed by atoms with Gasteiger partial charge in [0.1, 0.15) is 5.75 Å². The predicted molar refractivity (Wildman–Crippen MR) is 83.6 cm³/mol. The minimum atomic E-state index is -0.707. The number of carbonyl (C=O) groups is 1. The second-order valence-corrected chi connectivity index (χ2v) is 5.72. The summed E-state index contributed by atoms with van der Waals surface area (Å²) in [4.78, 5) is 12.4. The Hall–Kier alpha value is -1.52. The van der Waals surface area contributed by atoms with Gasteiger partial charge in [0.2, 0.25) is 0 Å². The molecule has 0 aliphatic rings. The lowest BCUT2D eigenvalue weighted by atomic mass is 10.2. The maximum Gasteiger partial charge on any atom is 0.287 e. The van der Waals surface area contributed by atoms with E-state index in [1.807, 2.05) is 20.8 Å². The number of ether oxygens (including phenoxy) is 1. The highest BCUT2D eigenvalue weighted by Gasteiger charge is 2.22. The molecule has 2 aromatic rings. The molecule has 6 heteroatoms. The van der Waals surface area contributed by atoms with E-state index in [4.69, 9.17) is 27.9 Å². The molecule has 1 unspecified atom stereocenters. The number of rotatable bonds is 3. The molecule has 0 N–H and O–H groups in total. The van der Waals surface area contributed by atoms with Crippen molar-refractivity contribution in [3.05, 3.63) is 45.2 Å². The standard InChI is InChI=1S/C15H16Cl2N2O2/c1-8-9(2)18-19(10(8)3)15(20)11(4)21-14-6-5-12(16)7-13(14)17/h5-7,11H,1-4H3. The van der Waals surface area contributed by atoms with E-state index in [2.05, 4.69) is 5.10 Å². The molecular formula is C15H16Cl2N2O2. The van der Waals surface area contributed by atoms with Crippen LogP contribution in [0.15, 0.2) is 18.2 Å². The third-order valence-corrected chi connectivity index (χ3v) is 3.94.